The van der Waals surface area contributed by atoms with Crippen LogP contribution in [0.4, 0.5) is 0 Å². The van der Waals surface area contributed by atoms with Crippen molar-refractivity contribution in [1.82, 2.24) is 15.6 Å². The van der Waals surface area contributed by atoms with Crippen LogP contribution in [-0.2, 0) is 11.3 Å². The highest BCUT2D eigenvalue weighted by Gasteiger charge is 2.12. The lowest BCUT2D eigenvalue weighted by Crippen LogP contribution is -2.40. The molecule has 0 spiro atoms. The SMILES string of the molecule is COC(=O)c1csc(-c2cccc(CNC3=NCCCN3)c2)n1.I. The Kier molecular flexibility index (Phi) is 6.98. The normalized spacial score (nSPS) is 13.3. The van der Waals surface area contributed by atoms with Crippen LogP contribution >= 0.6 is 35.3 Å². The van der Waals surface area contributed by atoms with E-state index >= 15 is 0 Å². The summed E-state index contributed by atoms with van der Waals surface area (Å²) in [4.78, 5) is 20.2. The first kappa shape index (κ1) is 18.7. The number of carbonyl (C=O) groups excluding carboxylic acids is 1. The molecule has 6 nitrogen and oxygen atoms in total. The Hall–Kier alpha value is -1.68. The van der Waals surface area contributed by atoms with E-state index in [1.54, 1.807) is 5.38 Å². The Morgan fingerprint density at radius 3 is 3.08 bits per heavy atom. The van der Waals surface area contributed by atoms with Crippen molar-refractivity contribution in [1.29, 1.82) is 0 Å². The van der Waals surface area contributed by atoms with Gasteiger partial charge in [0.2, 0.25) is 0 Å². The number of esters is 1. The van der Waals surface area contributed by atoms with Crippen LogP contribution in [0.1, 0.15) is 22.5 Å². The third-order valence-electron chi connectivity index (χ3n) is 3.43. The smallest absolute Gasteiger partial charge is 0.357 e. The molecule has 1 aliphatic rings. The second-order valence-electron chi connectivity index (χ2n) is 5.09. The van der Waals surface area contributed by atoms with Gasteiger partial charge in [-0.25, -0.2) is 9.78 Å². The summed E-state index contributed by atoms with van der Waals surface area (Å²) >= 11 is 1.43. The number of benzene rings is 1. The molecule has 0 saturated carbocycles. The zero-order valence-corrected chi connectivity index (χ0v) is 16.4. The lowest BCUT2D eigenvalue weighted by atomic mass is 10.1. The van der Waals surface area contributed by atoms with Gasteiger partial charge in [0.25, 0.3) is 0 Å². The van der Waals surface area contributed by atoms with Crippen LogP contribution in [0.2, 0.25) is 0 Å². The maximum absolute atomic E-state index is 11.5. The largest absolute Gasteiger partial charge is 0.464 e. The van der Waals surface area contributed by atoms with E-state index in [2.05, 4.69) is 32.7 Å². The number of nitrogens with zero attached hydrogens (tertiary/aromatic N) is 2. The number of nitrogens with one attached hydrogen (secondary N) is 2. The summed E-state index contributed by atoms with van der Waals surface area (Å²) in [6.07, 6.45) is 1.08. The second-order valence-corrected chi connectivity index (χ2v) is 5.95. The summed E-state index contributed by atoms with van der Waals surface area (Å²) in [6, 6.07) is 8.09. The van der Waals surface area contributed by atoms with Crippen LogP contribution in [-0.4, -0.2) is 37.1 Å². The summed E-state index contributed by atoms with van der Waals surface area (Å²) in [5, 5.41) is 9.05. The summed E-state index contributed by atoms with van der Waals surface area (Å²) in [6.45, 7) is 2.51. The first-order chi connectivity index (χ1) is 11.3. The van der Waals surface area contributed by atoms with Gasteiger partial charge < -0.3 is 15.4 Å². The van der Waals surface area contributed by atoms with Crippen molar-refractivity contribution in [2.75, 3.05) is 20.2 Å². The molecule has 0 fully saturated rings. The molecule has 0 unspecified atom stereocenters. The molecule has 2 heterocycles. The number of aliphatic imine (C=N–C) groups is 1. The number of thiazole rings is 1. The molecule has 8 heteroatoms. The summed E-state index contributed by atoms with van der Waals surface area (Å²) < 4.78 is 4.69. The molecule has 0 saturated heterocycles. The van der Waals surface area contributed by atoms with Gasteiger partial charge >= 0.3 is 5.97 Å². The van der Waals surface area contributed by atoms with E-state index in [-0.39, 0.29) is 24.0 Å². The molecule has 128 valence electrons. The molecule has 0 aliphatic carbocycles. The fraction of sp³-hybridized carbons (Fsp3) is 0.312. The topological polar surface area (TPSA) is 75.6 Å². The third kappa shape index (κ3) is 4.67. The van der Waals surface area contributed by atoms with E-state index in [0.717, 1.165) is 41.6 Å². The van der Waals surface area contributed by atoms with Gasteiger partial charge in [0.15, 0.2) is 11.7 Å². The Morgan fingerprint density at radius 1 is 1.46 bits per heavy atom. The number of halogens is 1. The minimum atomic E-state index is -0.410. The molecule has 0 atom stereocenters. The highest BCUT2D eigenvalue weighted by atomic mass is 127. The minimum absolute atomic E-state index is 0. The van der Waals surface area contributed by atoms with Crippen molar-refractivity contribution >= 4 is 47.2 Å². The monoisotopic (exact) mass is 458 g/mol. The maximum Gasteiger partial charge on any atom is 0.357 e. The van der Waals surface area contributed by atoms with Crippen LogP contribution in [0, 0.1) is 0 Å². The Bertz CT molecular complexity index is 732. The maximum atomic E-state index is 11.5. The fourth-order valence-corrected chi connectivity index (χ4v) is 3.04. The zero-order valence-electron chi connectivity index (χ0n) is 13.2. The highest BCUT2D eigenvalue weighted by Crippen LogP contribution is 2.24. The van der Waals surface area contributed by atoms with Gasteiger partial charge in [-0.05, 0) is 18.1 Å². The van der Waals surface area contributed by atoms with E-state index in [0.29, 0.717) is 12.2 Å². The number of ether oxygens (including phenoxy) is 1. The van der Waals surface area contributed by atoms with Crippen LogP contribution in [0.25, 0.3) is 10.6 Å². The molecular weight excluding hydrogens is 439 g/mol. The van der Waals surface area contributed by atoms with E-state index in [1.165, 1.54) is 18.4 Å². The molecule has 24 heavy (non-hydrogen) atoms. The van der Waals surface area contributed by atoms with Crippen LogP contribution in [0.15, 0.2) is 34.6 Å². The van der Waals surface area contributed by atoms with Crippen molar-refractivity contribution in [2.45, 2.75) is 13.0 Å². The Labute approximate surface area is 161 Å². The lowest BCUT2D eigenvalue weighted by Gasteiger charge is -2.16. The molecule has 1 aromatic carbocycles. The minimum Gasteiger partial charge on any atom is -0.464 e. The average molecular weight is 458 g/mol. The summed E-state index contributed by atoms with van der Waals surface area (Å²) in [5.41, 5.74) is 2.46. The third-order valence-corrected chi connectivity index (χ3v) is 4.32. The standard InChI is InChI=1S/C16H18N4O2S.HI/c1-22-15(21)13-10-23-14(20-13)12-5-2-4-11(8-12)9-19-16-17-6-3-7-18-16;/h2,4-5,8,10H,3,6-7,9H2,1H3,(H2,17,18,19);1H. The fourth-order valence-electron chi connectivity index (χ4n) is 2.26. The molecule has 1 aromatic heterocycles. The second kappa shape index (κ2) is 8.97. The molecule has 2 N–H and O–H groups in total. The number of rotatable bonds is 4. The lowest BCUT2D eigenvalue weighted by molar-refractivity contribution is 0.0595. The predicted octanol–water partition coefficient (Wildman–Crippen LogP) is 2.65. The number of carbonyl (C=O) groups is 1. The first-order valence-corrected chi connectivity index (χ1v) is 8.29. The highest BCUT2D eigenvalue weighted by molar-refractivity contribution is 14.0. The van der Waals surface area contributed by atoms with Gasteiger partial charge in [-0.3, -0.25) is 4.99 Å². The first-order valence-electron chi connectivity index (χ1n) is 7.41. The quantitative estimate of drug-likeness (QED) is 0.545. The molecule has 2 aromatic rings. The number of hydrogen-bond donors (Lipinski definition) is 2. The Balaban J connectivity index is 0.00000208. The molecule has 1 aliphatic heterocycles. The number of aromatic nitrogens is 1. The van der Waals surface area contributed by atoms with Crippen LogP contribution in [0.3, 0.4) is 0 Å². The number of methoxy groups -OCH3 is 1. The molecule has 0 amide bonds. The summed E-state index contributed by atoms with van der Waals surface area (Å²) in [7, 11) is 1.36. The van der Waals surface area contributed by atoms with Crippen molar-refractivity contribution in [3.8, 4) is 10.6 Å². The van der Waals surface area contributed by atoms with Crippen molar-refractivity contribution in [3.63, 3.8) is 0 Å². The van der Waals surface area contributed by atoms with Crippen LogP contribution < -0.4 is 10.6 Å². The Morgan fingerprint density at radius 2 is 2.33 bits per heavy atom. The number of guanidine groups is 1. The predicted molar refractivity (Wildman–Crippen MR) is 106 cm³/mol. The van der Waals surface area contributed by atoms with Crippen molar-refractivity contribution < 1.29 is 9.53 Å². The van der Waals surface area contributed by atoms with Gasteiger partial charge in [-0.1, -0.05) is 18.2 Å². The van der Waals surface area contributed by atoms with Gasteiger partial charge in [0.1, 0.15) is 5.01 Å². The average Bonchev–Trinajstić information content (AvgIpc) is 3.11. The van der Waals surface area contributed by atoms with Crippen LogP contribution in [0.5, 0.6) is 0 Å². The van der Waals surface area contributed by atoms with Gasteiger partial charge in [-0.2, -0.15) is 0 Å². The van der Waals surface area contributed by atoms with Gasteiger partial charge in [0.05, 0.1) is 7.11 Å². The van der Waals surface area contributed by atoms with E-state index < -0.39 is 5.97 Å². The molecule has 0 bridgehead atoms. The van der Waals surface area contributed by atoms with E-state index in [1.807, 2.05) is 12.1 Å². The molecule has 3 rings (SSSR count). The zero-order chi connectivity index (χ0) is 16.1. The van der Waals surface area contributed by atoms with Crippen molar-refractivity contribution in [2.24, 2.45) is 4.99 Å². The van der Waals surface area contributed by atoms with E-state index in [4.69, 9.17) is 4.74 Å². The van der Waals surface area contributed by atoms with Gasteiger partial charge in [-0.15, -0.1) is 35.3 Å². The van der Waals surface area contributed by atoms with Crippen molar-refractivity contribution in [3.05, 3.63) is 40.9 Å². The molecular formula is C16H19IN4O2S. The number of hydrogen-bond acceptors (Lipinski definition) is 7. The van der Waals surface area contributed by atoms with Gasteiger partial charge in [0, 0.05) is 30.6 Å². The van der Waals surface area contributed by atoms with E-state index in [9.17, 15) is 4.79 Å². The molecule has 0 radical (unpaired) electrons. The summed E-state index contributed by atoms with van der Waals surface area (Å²) in [5.74, 6) is 0.440.